The van der Waals surface area contributed by atoms with Crippen LogP contribution in [0.5, 0.6) is 11.5 Å². The second kappa shape index (κ2) is 9.12. The van der Waals surface area contributed by atoms with Crippen molar-refractivity contribution in [1.82, 2.24) is 9.97 Å². The van der Waals surface area contributed by atoms with Crippen LogP contribution < -0.4 is 10.1 Å². The third kappa shape index (κ3) is 4.43. The number of para-hydroxylation sites is 1. The fourth-order valence-corrected chi connectivity index (χ4v) is 3.27. The molecule has 0 atom stereocenters. The topological polar surface area (TPSA) is 70.8 Å². The SMILES string of the molecule is CSc1nc(Nc2ccc(Oc3ccccc3)cc2)c(C#N)c(-c2ccccc2)n1. The Hall–Kier alpha value is -3.82. The summed E-state index contributed by atoms with van der Waals surface area (Å²) in [6.45, 7) is 0. The van der Waals surface area contributed by atoms with Crippen molar-refractivity contribution < 1.29 is 4.74 Å². The van der Waals surface area contributed by atoms with Gasteiger partial charge in [0.2, 0.25) is 0 Å². The van der Waals surface area contributed by atoms with E-state index in [0.29, 0.717) is 22.2 Å². The van der Waals surface area contributed by atoms with Gasteiger partial charge in [-0.2, -0.15) is 5.26 Å². The van der Waals surface area contributed by atoms with Gasteiger partial charge < -0.3 is 10.1 Å². The van der Waals surface area contributed by atoms with Gasteiger partial charge in [-0.3, -0.25) is 0 Å². The van der Waals surface area contributed by atoms with Gasteiger partial charge in [0.15, 0.2) is 11.0 Å². The van der Waals surface area contributed by atoms with E-state index in [-0.39, 0.29) is 0 Å². The summed E-state index contributed by atoms with van der Waals surface area (Å²) in [5.74, 6) is 1.98. The van der Waals surface area contributed by atoms with Gasteiger partial charge in [-0.15, -0.1) is 0 Å². The molecule has 1 N–H and O–H groups in total. The Balaban J connectivity index is 1.63. The van der Waals surface area contributed by atoms with E-state index < -0.39 is 0 Å². The number of nitriles is 1. The van der Waals surface area contributed by atoms with Crippen molar-refractivity contribution in [3.8, 4) is 28.8 Å². The van der Waals surface area contributed by atoms with Crippen LogP contribution in [-0.4, -0.2) is 16.2 Å². The Morgan fingerprint density at radius 2 is 1.47 bits per heavy atom. The van der Waals surface area contributed by atoms with Gasteiger partial charge in [-0.1, -0.05) is 60.3 Å². The molecule has 0 aliphatic heterocycles. The zero-order valence-electron chi connectivity index (χ0n) is 16.2. The van der Waals surface area contributed by atoms with Gasteiger partial charge in [-0.05, 0) is 42.7 Å². The van der Waals surface area contributed by atoms with E-state index in [4.69, 9.17) is 4.74 Å². The maximum atomic E-state index is 9.81. The Labute approximate surface area is 179 Å². The molecule has 0 aliphatic rings. The molecule has 30 heavy (non-hydrogen) atoms. The number of benzene rings is 3. The van der Waals surface area contributed by atoms with Gasteiger partial charge in [-0.25, -0.2) is 9.97 Å². The highest BCUT2D eigenvalue weighted by Gasteiger charge is 2.16. The van der Waals surface area contributed by atoms with Crippen molar-refractivity contribution in [3.05, 3.63) is 90.5 Å². The summed E-state index contributed by atoms with van der Waals surface area (Å²) in [4.78, 5) is 9.09. The standard InChI is InChI=1S/C24H18N4OS/c1-30-24-27-22(17-8-4-2-5-9-17)21(16-25)23(28-24)26-18-12-14-20(15-13-18)29-19-10-6-3-7-11-19/h2-15H,1H3,(H,26,27,28). The van der Waals surface area contributed by atoms with Gasteiger partial charge in [0.1, 0.15) is 23.1 Å². The largest absolute Gasteiger partial charge is 0.457 e. The number of nitrogens with one attached hydrogen (secondary N) is 1. The first kappa shape index (κ1) is 19.5. The van der Waals surface area contributed by atoms with Crippen LogP contribution in [-0.2, 0) is 0 Å². The number of rotatable bonds is 6. The molecule has 5 nitrogen and oxygen atoms in total. The van der Waals surface area contributed by atoms with E-state index in [1.807, 2.05) is 91.2 Å². The molecule has 0 bridgehead atoms. The third-order valence-electron chi connectivity index (χ3n) is 4.33. The van der Waals surface area contributed by atoms with Gasteiger partial charge in [0.05, 0.1) is 5.69 Å². The lowest BCUT2D eigenvalue weighted by atomic mass is 10.1. The summed E-state index contributed by atoms with van der Waals surface area (Å²) in [6.07, 6.45) is 1.91. The molecule has 0 radical (unpaired) electrons. The number of hydrogen-bond acceptors (Lipinski definition) is 6. The van der Waals surface area contributed by atoms with Crippen LogP contribution in [0.25, 0.3) is 11.3 Å². The molecule has 0 spiro atoms. The molecule has 4 rings (SSSR count). The monoisotopic (exact) mass is 410 g/mol. The average molecular weight is 411 g/mol. The van der Waals surface area contributed by atoms with E-state index in [2.05, 4.69) is 21.4 Å². The summed E-state index contributed by atoms with van der Waals surface area (Å²) < 4.78 is 5.83. The quantitative estimate of drug-likeness (QED) is 0.298. The highest BCUT2D eigenvalue weighted by molar-refractivity contribution is 7.98. The van der Waals surface area contributed by atoms with E-state index >= 15 is 0 Å². The molecular formula is C24H18N4OS. The summed E-state index contributed by atoms with van der Waals surface area (Å²) in [5, 5.41) is 13.7. The maximum absolute atomic E-state index is 9.81. The fourth-order valence-electron chi connectivity index (χ4n) is 2.90. The maximum Gasteiger partial charge on any atom is 0.189 e. The summed E-state index contributed by atoms with van der Waals surface area (Å²) in [7, 11) is 0. The lowest BCUT2D eigenvalue weighted by molar-refractivity contribution is 0.483. The van der Waals surface area contributed by atoms with Crippen molar-refractivity contribution in [2.45, 2.75) is 5.16 Å². The Morgan fingerprint density at radius 1 is 0.833 bits per heavy atom. The molecule has 0 unspecified atom stereocenters. The first-order valence-electron chi connectivity index (χ1n) is 9.28. The molecule has 6 heteroatoms. The van der Waals surface area contributed by atoms with Crippen LogP contribution in [0.4, 0.5) is 11.5 Å². The summed E-state index contributed by atoms with van der Waals surface area (Å²) in [6, 6.07) is 29.1. The van der Waals surface area contributed by atoms with E-state index in [0.717, 1.165) is 22.7 Å². The smallest absolute Gasteiger partial charge is 0.189 e. The van der Waals surface area contributed by atoms with Gasteiger partial charge in [0, 0.05) is 11.3 Å². The van der Waals surface area contributed by atoms with Crippen LogP contribution in [0.3, 0.4) is 0 Å². The number of hydrogen-bond donors (Lipinski definition) is 1. The molecule has 146 valence electrons. The number of thioether (sulfide) groups is 1. The second-order valence-corrected chi connectivity index (χ2v) is 7.10. The summed E-state index contributed by atoms with van der Waals surface area (Å²) in [5.41, 5.74) is 2.70. The van der Waals surface area contributed by atoms with Gasteiger partial charge >= 0.3 is 0 Å². The Morgan fingerprint density at radius 3 is 2.10 bits per heavy atom. The Kier molecular flexibility index (Phi) is 5.93. The molecular weight excluding hydrogens is 392 g/mol. The van der Waals surface area contributed by atoms with Crippen molar-refractivity contribution in [2.24, 2.45) is 0 Å². The normalized spacial score (nSPS) is 10.3. The predicted molar refractivity (Wildman–Crippen MR) is 120 cm³/mol. The van der Waals surface area contributed by atoms with Crippen LogP contribution in [0.15, 0.2) is 90.1 Å². The average Bonchev–Trinajstić information content (AvgIpc) is 2.81. The van der Waals surface area contributed by atoms with E-state index in [9.17, 15) is 5.26 Å². The number of anilines is 2. The minimum absolute atomic E-state index is 0.406. The predicted octanol–water partition coefficient (Wildman–Crippen LogP) is 6.27. The lowest BCUT2D eigenvalue weighted by Gasteiger charge is -2.13. The third-order valence-corrected chi connectivity index (χ3v) is 4.87. The van der Waals surface area contributed by atoms with Crippen LogP contribution in [0, 0.1) is 11.3 Å². The van der Waals surface area contributed by atoms with Crippen molar-refractivity contribution in [3.63, 3.8) is 0 Å². The zero-order chi connectivity index (χ0) is 20.8. The molecule has 4 aromatic rings. The van der Waals surface area contributed by atoms with Crippen LogP contribution in [0.1, 0.15) is 5.56 Å². The van der Waals surface area contributed by atoms with Crippen LogP contribution >= 0.6 is 11.8 Å². The molecule has 0 fully saturated rings. The first-order chi connectivity index (χ1) is 14.8. The number of ether oxygens (including phenoxy) is 1. The van der Waals surface area contributed by atoms with Crippen molar-refractivity contribution in [2.75, 3.05) is 11.6 Å². The first-order valence-corrected chi connectivity index (χ1v) is 10.5. The van der Waals surface area contributed by atoms with E-state index in [1.54, 1.807) is 0 Å². The highest BCUT2D eigenvalue weighted by atomic mass is 32.2. The summed E-state index contributed by atoms with van der Waals surface area (Å²) >= 11 is 1.43. The Bertz CT molecular complexity index is 1170. The van der Waals surface area contributed by atoms with Crippen LogP contribution in [0.2, 0.25) is 0 Å². The molecule has 0 amide bonds. The molecule has 0 saturated heterocycles. The molecule has 0 saturated carbocycles. The highest BCUT2D eigenvalue weighted by Crippen LogP contribution is 2.31. The van der Waals surface area contributed by atoms with Crippen molar-refractivity contribution >= 4 is 23.3 Å². The second-order valence-electron chi connectivity index (χ2n) is 6.32. The molecule has 0 aliphatic carbocycles. The molecule has 1 aromatic heterocycles. The van der Waals surface area contributed by atoms with E-state index in [1.165, 1.54) is 11.8 Å². The molecule has 3 aromatic carbocycles. The minimum atomic E-state index is 0.406. The van der Waals surface area contributed by atoms with Crippen molar-refractivity contribution in [1.29, 1.82) is 5.26 Å². The fraction of sp³-hybridized carbons (Fsp3) is 0.0417. The minimum Gasteiger partial charge on any atom is -0.457 e. The zero-order valence-corrected chi connectivity index (χ0v) is 17.1. The van der Waals surface area contributed by atoms with Gasteiger partial charge in [0.25, 0.3) is 0 Å². The molecule has 1 heterocycles. The number of aromatic nitrogens is 2. The lowest BCUT2D eigenvalue weighted by Crippen LogP contribution is -2.03. The number of nitrogens with zero attached hydrogens (tertiary/aromatic N) is 3.